The maximum Gasteiger partial charge on any atom is 0.351 e. The van der Waals surface area contributed by atoms with E-state index >= 15 is 0 Å². The standard InChI is InChI=1S/C71H95N22O36P7S7/c1-30-15-87(67(97)82-58(30)72)49-8-36(35(6)116-49)123-131(103,138)110-24-47-41(13-54(121-47)92-28-80-56-60(74)76-26-78-62(56)92)128-135(107,142)113-21-44-38(10-50(118-44)88-16-31(2)59(73)83-68(88)98)125-134(106,141)115-25-48-42(14-55(122-48)93-29-81-57-61(75)77-27-79-63(57)93)129-136(108,143)114-23-46-40(12-53(120-46)91-19-34(5)66(96)86-71(91)101)127-133(105,140)112-22-45-39(11-52(119-45)90-18-33(4)65(95)85-70(90)100)126-132(104,139)111-20-43-37(124-130(102,137)109-7)9-51(117-43)89-17-32(3)64(94)84-69(89)99/h15-19,26-29,35-55H,8-14,20-25H2,1-7H3,(H,102,137)(H,103,138)(H,104,139)(H,105,140)(H,106,141)(H,107,142)(H,108,143)(H2,72,82,97)(H2,73,83,98)(H2,74,76,78)(H2,75,77,79)(H,84,94,99)(H,85,95,100)(H,86,96,101)/t35-,36-,37-,38-,39-,40-,41-,42-,43-,44-,45-,46-,47-,48-,49-,50-,51-,52-,53-,54-,55-,130?,131?,132?,133?,134?,135?,136?/m1/s1. The fourth-order valence-corrected chi connectivity index (χ4v) is 26.3. The lowest BCUT2D eigenvalue weighted by atomic mass is 10.2. The lowest BCUT2D eigenvalue weighted by molar-refractivity contribution is -0.0576. The molecule has 782 valence electrons. The molecule has 16 rings (SSSR count). The number of aromatic nitrogens is 18. The molecular weight excluding hydrogens is 2180 g/mol. The number of nitrogens with one attached hydrogen (secondary N) is 3. The van der Waals surface area contributed by atoms with E-state index in [1.807, 2.05) is 0 Å². The number of ether oxygens (including phenoxy) is 7. The Bertz CT molecular complexity index is 7230. The second-order valence-electron chi connectivity index (χ2n) is 33.6. The first-order valence-corrected chi connectivity index (χ1v) is 61.0. The zero-order valence-corrected chi connectivity index (χ0v) is 87.5. The van der Waals surface area contributed by atoms with Gasteiger partial charge < -0.3 is 154 Å². The molecule has 7 aliphatic rings. The molecule has 0 bridgehead atoms. The number of H-pyrrole nitrogens is 3. The average Bonchev–Trinajstić information content (AvgIpc) is 1.65. The Labute approximate surface area is 840 Å². The highest BCUT2D eigenvalue weighted by molar-refractivity contribution is 8.09. The minimum absolute atomic E-state index is 0.0193. The normalized spacial score (nSPS) is 29.8. The Hall–Kier alpha value is -6.47. The highest BCUT2D eigenvalue weighted by Gasteiger charge is 2.52. The molecule has 143 heavy (non-hydrogen) atoms. The van der Waals surface area contributed by atoms with Crippen molar-refractivity contribution in [3.05, 3.63) is 168 Å². The number of hydrogen-bond acceptors (Lipinski definition) is 48. The molecule has 7 saturated heterocycles. The molecule has 0 amide bonds. The number of nitrogens with zero attached hydrogens (tertiary/aromatic N) is 15. The van der Waals surface area contributed by atoms with Crippen LogP contribution in [0.3, 0.4) is 0 Å². The summed E-state index contributed by atoms with van der Waals surface area (Å²) in [6.07, 6.45) is -16.9. The molecule has 7 aliphatic heterocycles. The van der Waals surface area contributed by atoms with E-state index in [-0.39, 0.29) is 101 Å². The number of nitrogen functional groups attached to an aromatic ring is 4. The Kier molecular flexibility index (Phi) is 33.5. The lowest BCUT2D eigenvalue weighted by Crippen LogP contribution is -2.33. The van der Waals surface area contributed by atoms with Crippen LogP contribution in [0.15, 0.2) is 94.6 Å². The molecule has 72 heteroatoms. The first-order chi connectivity index (χ1) is 67.2. The third-order valence-electron chi connectivity index (χ3n) is 23.7. The molecule has 9 aromatic heterocycles. The van der Waals surface area contributed by atoms with Crippen LogP contribution >= 0.6 is 47.0 Å². The lowest BCUT2D eigenvalue weighted by Gasteiger charge is -2.29. The van der Waals surface area contributed by atoms with Gasteiger partial charge >= 0.3 is 75.5 Å². The van der Waals surface area contributed by atoms with Gasteiger partial charge in [-0.15, -0.1) is 0 Å². The highest BCUT2D eigenvalue weighted by Crippen LogP contribution is 2.59. The van der Waals surface area contributed by atoms with Crippen molar-refractivity contribution in [2.24, 2.45) is 0 Å². The smallest absolute Gasteiger partial charge is 0.351 e. The minimum Gasteiger partial charge on any atom is -0.383 e. The van der Waals surface area contributed by atoms with Crippen LogP contribution in [0.25, 0.3) is 22.3 Å². The summed E-state index contributed by atoms with van der Waals surface area (Å²) in [6, 6.07) is 0. The second kappa shape index (κ2) is 43.8. The molecule has 7 fully saturated rings. The van der Waals surface area contributed by atoms with Crippen molar-refractivity contribution in [3.63, 3.8) is 0 Å². The van der Waals surface area contributed by atoms with Crippen LogP contribution in [0, 0.1) is 34.6 Å². The van der Waals surface area contributed by atoms with Crippen molar-refractivity contribution in [3.8, 4) is 0 Å². The Morgan fingerprint density at radius 3 is 0.853 bits per heavy atom. The number of hydrogen-bond donors (Lipinski definition) is 14. The molecule has 7 unspecified atom stereocenters. The van der Waals surface area contributed by atoms with E-state index in [2.05, 4.69) is 54.8 Å². The molecule has 28 atom stereocenters. The van der Waals surface area contributed by atoms with Gasteiger partial charge in [0.05, 0.1) is 101 Å². The third-order valence-corrected chi connectivity index (χ3v) is 34.9. The van der Waals surface area contributed by atoms with E-state index in [9.17, 15) is 72.6 Å². The fraction of sp³-hybridized carbons (Fsp3) is 0.577. The molecule has 0 aliphatic carbocycles. The van der Waals surface area contributed by atoms with E-state index < -0.39 is 267 Å². The molecule has 0 aromatic carbocycles. The first-order valence-electron chi connectivity index (χ1n) is 42.8. The Morgan fingerprint density at radius 2 is 0.573 bits per heavy atom. The number of anilines is 4. The van der Waals surface area contributed by atoms with Gasteiger partial charge in [0, 0.05) is 111 Å². The number of aryl methyl sites for hydroxylation is 5. The monoisotopic (exact) mass is 2270 g/mol. The molecule has 16 heterocycles. The summed E-state index contributed by atoms with van der Waals surface area (Å²) < 4.78 is 136. The molecule has 0 spiro atoms. The molecule has 0 saturated carbocycles. The summed E-state index contributed by atoms with van der Waals surface area (Å²) in [5, 5.41) is 0. The van der Waals surface area contributed by atoms with Gasteiger partial charge in [0.25, 0.3) is 16.7 Å². The molecule has 9 aromatic rings. The average molecular weight is 2270 g/mol. The quantitative estimate of drug-likeness (QED) is 0.0235. The summed E-state index contributed by atoms with van der Waals surface area (Å²) in [5.41, 5.74) is 19.5. The van der Waals surface area contributed by atoms with Crippen molar-refractivity contribution < 1.29 is 131 Å². The van der Waals surface area contributed by atoms with Crippen LogP contribution in [-0.2, 0) is 179 Å². The predicted molar refractivity (Wildman–Crippen MR) is 521 cm³/mol. The van der Waals surface area contributed by atoms with Crippen LogP contribution in [0.5, 0.6) is 0 Å². The van der Waals surface area contributed by atoms with Crippen LogP contribution in [0.1, 0.15) is 123 Å². The van der Waals surface area contributed by atoms with Gasteiger partial charge in [-0.3, -0.25) is 61.3 Å². The van der Waals surface area contributed by atoms with Crippen molar-refractivity contribution >= 4 is 175 Å². The van der Waals surface area contributed by atoms with Crippen molar-refractivity contribution in [1.82, 2.24) is 86.8 Å². The van der Waals surface area contributed by atoms with E-state index in [1.54, 1.807) is 20.8 Å². The third kappa shape index (κ3) is 25.9. The van der Waals surface area contributed by atoms with E-state index in [0.717, 1.165) is 31.7 Å². The van der Waals surface area contributed by atoms with Crippen molar-refractivity contribution in [2.75, 3.05) is 69.7 Å². The number of imidazole rings is 2. The Morgan fingerprint density at radius 1 is 0.336 bits per heavy atom. The molecule has 58 nitrogen and oxygen atoms in total. The maximum atomic E-state index is 13.6. The van der Waals surface area contributed by atoms with E-state index in [4.69, 9.17) is 202 Å². The maximum absolute atomic E-state index is 13.6. The summed E-state index contributed by atoms with van der Waals surface area (Å²) in [6.45, 7) is -26.9. The summed E-state index contributed by atoms with van der Waals surface area (Å²) in [5.74, 6) is -0.0564. The number of aromatic amines is 3. The zero-order valence-electron chi connectivity index (χ0n) is 75.5. The summed E-state index contributed by atoms with van der Waals surface area (Å²) in [7, 11) is 1.09. The highest BCUT2D eigenvalue weighted by atomic mass is 32.5. The van der Waals surface area contributed by atoms with E-state index in [1.165, 1.54) is 84.4 Å². The van der Waals surface area contributed by atoms with Gasteiger partial charge in [0.2, 0.25) is 0 Å². The van der Waals surface area contributed by atoms with E-state index in [0.29, 0.717) is 11.1 Å². The number of nitrogens with two attached hydrogens (primary N) is 4. The Balaban J connectivity index is 0.607. The second-order valence-corrected chi connectivity index (χ2v) is 53.2. The van der Waals surface area contributed by atoms with Gasteiger partial charge in [-0.2, -0.15) is 9.97 Å². The van der Waals surface area contributed by atoms with Crippen molar-refractivity contribution in [2.45, 2.75) is 216 Å². The van der Waals surface area contributed by atoms with Crippen LogP contribution < -0.4 is 68.1 Å². The summed E-state index contributed by atoms with van der Waals surface area (Å²) >= 11 is 38.9. The number of rotatable bonds is 40. The SMILES string of the molecule is COP(O)(=S)O[C@@H]1C[C@H](n2cc(C)c(=O)[nH]c2=O)O[C@@H]1COP(O)(=S)O[C@@H]1C[C@H](n2cc(C)c(=O)[nH]c2=O)O[C@@H]1COP(O)(=S)O[C@@H]1C[C@H](n2cc(C)c(=O)[nH]c2=O)O[C@@H]1COP(O)(=S)O[C@@H]1C[C@H](n2cnc3c(N)ncnc32)O[C@@H]1COP(O)(=S)O[C@@H]1C[C@H](n2cc(C)c(N)nc2=O)O[C@@H]1COP(O)(=S)O[C@@H]1C[C@H](n2cnc3c(N)ncnc32)O[C@@H]1COP(O)(=S)O[C@@H]1C[C@H](n2cc(C)c(N)nc2=O)O[C@@H]1C. The first kappa shape index (κ1) is 109. The van der Waals surface area contributed by atoms with Gasteiger partial charge in [-0.25, -0.2) is 53.9 Å². The minimum atomic E-state index is -4.74. The van der Waals surface area contributed by atoms with Gasteiger partial charge in [-0.1, -0.05) is 0 Å². The molecule has 0 radical (unpaired) electrons. The van der Waals surface area contributed by atoms with Crippen LogP contribution in [0.4, 0.5) is 23.3 Å². The largest absolute Gasteiger partial charge is 0.383 e. The summed E-state index contributed by atoms with van der Waals surface area (Å²) in [4.78, 5) is 227. The van der Waals surface area contributed by atoms with Crippen molar-refractivity contribution in [1.29, 1.82) is 0 Å². The van der Waals surface area contributed by atoms with Crippen LogP contribution in [0.2, 0.25) is 0 Å². The van der Waals surface area contributed by atoms with Gasteiger partial charge in [-0.05, 0) is 124 Å². The topological polar surface area (TPSA) is 761 Å². The van der Waals surface area contributed by atoms with Crippen LogP contribution in [-0.4, -0.2) is 253 Å². The molecule has 18 N–H and O–H groups in total. The molecular formula is C71H95N22O36P7S7. The zero-order chi connectivity index (χ0) is 103. The number of fused-ring (bicyclic) bond motifs is 2. The van der Waals surface area contributed by atoms with Gasteiger partial charge in [0.1, 0.15) is 116 Å². The predicted octanol–water partition coefficient (Wildman–Crippen LogP) is 0.694. The fourth-order valence-electron chi connectivity index (χ4n) is 16.4. The van der Waals surface area contributed by atoms with Gasteiger partial charge in [0.15, 0.2) is 22.9 Å².